The summed E-state index contributed by atoms with van der Waals surface area (Å²) in [7, 11) is 0. The lowest BCUT2D eigenvalue weighted by Gasteiger charge is -2.13. The van der Waals surface area contributed by atoms with E-state index in [2.05, 4.69) is 51.2 Å². The summed E-state index contributed by atoms with van der Waals surface area (Å²) >= 11 is 0. The van der Waals surface area contributed by atoms with Gasteiger partial charge in [0.15, 0.2) is 5.96 Å². The highest BCUT2D eigenvalue weighted by Gasteiger charge is 2.02. The Kier molecular flexibility index (Phi) is 10.1. The van der Waals surface area contributed by atoms with Gasteiger partial charge < -0.3 is 15.2 Å². The lowest BCUT2D eigenvalue weighted by atomic mass is 10.2. The van der Waals surface area contributed by atoms with Crippen molar-refractivity contribution in [2.24, 2.45) is 4.99 Å². The molecule has 1 heterocycles. The third kappa shape index (κ3) is 7.43. The van der Waals surface area contributed by atoms with Gasteiger partial charge in [-0.3, -0.25) is 4.99 Å². The van der Waals surface area contributed by atoms with Crippen LogP contribution < -0.4 is 10.6 Å². The molecular formula is C16H32N6. The van der Waals surface area contributed by atoms with Gasteiger partial charge in [-0.1, -0.05) is 40.0 Å². The first-order valence-corrected chi connectivity index (χ1v) is 8.70. The molecule has 0 saturated carbocycles. The van der Waals surface area contributed by atoms with Crippen molar-refractivity contribution < 1.29 is 0 Å². The second-order valence-corrected chi connectivity index (χ2v) is 5.44. The second-order valence-electron chi connectivity index (χ2n) is 5.44. The summed E-state index contributed by atoms with van der Waals surface area (Å²) in [6.45, 7) is 10.0. The first kappa shape index (κ1) is 18.5. The van der Waals surface area contributed by atoms with Gasteiger partial charge in [-0.15, -0.1) is 10.2 Å². The fraction of sp³-hybridized carbons (Fsp3) is 0.812. The zero-order valence-corrected chi connectivity index (χ0v) is 14.4. The van der Waals surface area contributed by atoms with Crippen LogP contribution in [0.1, 0.15) is 58.7 Å². The van der Waals surface area contributed by atoms with E-state index in [1.807, 2.05) is 0 Å². The standard InChI is InChI=1S/C16H32N6/c1-4-7-8-9-11-18-16(17-10-5-2)19-12-13-22-14-20-21-15(22)6-3/h14H,4-13H2,1-3H3,(H2,17,18,19). The number of aryl methyl sites for hydroxylation is 1. The SMILES string of the molecule is CCCCCCNC(=NCCC)NCCn1cnnc1CC. The molecular weight excluding hydrogens is 276 g/mol. The van der Waals surface area contributed by atoms with Crippen molar-refractivity contribution in [3.05, 3.63) is 12.2 Å². The van der Waals surface area contributed by atoms with E-state index >= 15 is 0 Å². The van der Waals surface area contributed by atoms with Crippen molar-refractivity contribution in [2.45, 2.75) is 65.8 Å². The molecule has 0 radical (unpaired) electrons. The average molecular weight is 308 g/mol. The summed E-state index contributed by atoms with van der Waals surface area (Å²) in [5, 5.41) is 14.9. The van der Waals surface area contributed by atoms with Gasteiger partial charge in [-0.25, -0.2) is 0 Å². The van der Waals surface area contributed by atoms with Gasteiger partial charge in [0.2, 0.25) is 0 Å². The van der Waals surface area contributed by atoms with Crippen molar-refractivity contribution in [3.63, 3.8) is 0 Å². The summed E-state index contributed by atoms with van der Waals surface area (Å²) < 4.78 is 2.09. The first-order valence-electron chi connectivity index (χ1n) is 8.70. The Labute approximate surface area is 134 Å². The van der Waals surface area contributed by atoms with Crippen molar-refractivity contribution in [1.82, 2.24) is 25.4 Å². The van der Waals surface area contributed by atoms with E-state index < -0.39 is 0 Å². The summed E-state index contributed by atoms with van der Waals surface area (Å²) in [5.74, 6) is 1.95. The molecule has 126 valence electrons. The molecule has 0 saturated heterocycles. The third-order valence-electron chi connectivity index (χ3n) is 3.47. The van der Waals surface area contributed by atoms with Crippen LogP contribution in [0, 0.1) is 0 Å². The number of hydrogen-bond donors (Lipinski definition) is 2. The first-order chi connectivity index (χ1) is 10.8. The molecule has 22 heavy (non-hydrogen) atoms. The number of unbranched alkanes of at least 4 members (excludes halogenated alkanes) is 3. The minimum absolute atomic E-state index is 0.829. The maximum absolute atomic E-state index is 4.58. The molecule has 6 heteroatoms. The summed E-state index contributed by atoms with van der Waals surface area (Å²) in [4.78, 5) is 4.58. The summed E-state index contributed by atoms with van der Waals surface area (Å²) in [5.41, 5.74) is 0. The van der Waals surface area contributed by atoms with Gasteiger partial charge in [0.1, 0.15) is 12.2 Å². The highest BCUT2D eigenvalue weighted by Crippen LogP contribution is 1.97. The Balaban J connectivity index is 2.31. The molecule has 0 aliphatic heterocycles. The molecule has 0 aliphatic rings. The van der Waals surface area contributed by atoms with Crippen LogP contribution in [0.25, 0.3) is 0 Å². The maximum atomic E-state index is 4.58. The summed E-state index contributed by atoms with van der Waals surface area (Å²) in [6, 6.07) is 0. The predicted octanol–water partition coefficient (Wildman–Crippen LogP) is 2.37. The van der Waals surface area contributed by atoms with Gasteiger partial charge >= 0.3 is 0 Å². The average Bonchev–Trinajstić information content (AvgIpc) is 2.99. The monoisotopic (exact) mass is 308 g/mol. The van der Waals surface area contributed by atoms with E-state index in [9.17, 15) is 0 Å². The van der Waals surface area contributed by atoms with Crippen LogP contribution in [-0.2, 0) is 13.0 Å². The third-order valence-corrected chi connectivity index (χ3v) is 3.47. The predicted molar refractivity (Wildman–Crippen MR) is 92.1 cm³/mol. The van der Waals surface area contributed by atoms with Gasteiger partial charge in [0.25, 0.3) is 0 Å². The molecule has 1 aromatic rings. The number of rotatable bonds is 11. The number of aromatic nitrogens is 3. The minimum atomic E-state index is 0.829. The quantitative estimate of drug-likeness (QED) is 0.374. The van der Waals surface area contributed by atoms with Crippen LogP contribution in [0.4, 0.5) is 0 Å². The van der Waals surface area contributed by atoms with Crippen molar-refractivity contribution in [2.75, 3.05) is 19.6 Å². The lowest BCUT2D eigenvalue weighted by molar-refractivity contribution is 0.619. The van der Waals surface area contributed by atoms with Crippen LogP contribution in [0.3, 0.4) is 0 Å². The fourth-order valence-corrected chi connectivity index (χ4v) is 2.19. The van der Waals surface area contributed by atoms with Gasteiger partial charge in [0.05, 0.1) is 0 Å². The number of guanidine groups is 1. The van der Waals surface area contributed by atoms with E-state index in [-0.39, 0.29) is 0 Å². The Bertz CT molecular complexity index is 413. The highest BCUT2D eigenvalue weighted by molar-refractivity contribution is 5.79. The van der Waals surface area contributed by atoms with Crippen molar-refractivity contribution >= 4 is 5.96 Å². The van der Waals surface area contributed by atoms with Crippen molar-refractivity contribution in [1.29, 1.82) is 0 Å². The van der Waals surface area contributed by atoms with Crippen LogP contribution in [0.15, 0.2) is 11.3 Å². The number of aliphatic imine (C=N–C) groups is 1. The molecule has 0 unspecified atom stereocenters. The van der Waals surface area contributed by atoms with E-state index in [1.54, 1.807) is 6.33 Å². The van der Waals surface area contributed by atoms with Crippen LogP contribution in [0.5, 0.6) is 0 Å². The van der Waals surface area contributed by atoms with Crippen LogP contribution in [-0.4, -0.2) is 40.4 Å². The molecule has 0 amide bonds. The molecule has 1 aromatic heterocycles. The Morgan fingerprint density at radius 3 is 2.64 bits per heavy atom. The molecule has 0 spiro atoms. The number of nitrogens with one attached hydrogen (secondary N) is 2. The number of hydrogen-bond acceptors (Lipinski definition) is 3. The van der Waals surface area contributed by atoms with Gasteiger partial charge in [-0.2, -0.15) is 0 Å². The second kappa shape index (κ2) is 12.0. The van der Waals surface area contributed by atoms with E-state index in [4.69, 9.17) is 0 Å². The zero-order chi connectivity index (χ0) is 16.0. The number of nitrogens with zero attached hydrogens (tertiary/aromatic N) is 4. The van der Waals surface area contributed by atoms with Gasteiger partial charge in [0, 0.05) is 32.6 Å². The largest absolute Gasteiger partial charge is 0.356 e. The Hall–Kier alpha value is -1.59. The van der Waals surface area contributed by atoms with E-state index in [0.717, 1.165) is 50.8 Å². The molecule has 0 atom stereocenters. The molecule has 6 nitrogen and oxygen atoms in total. The Morgan fingerprint density at radius 2 is 1.91 bits per heavy atom. The minimum Gasteiger partial charge on any atom is -0.356 e. The molecule has 0 aliphatic carbocycles. The summed E-state index contributed by atoms with van der Waals surface area (Å²) in [6.07, 6.45) is 8.83. The molecule has 2 N–H and O–H groups in total. The van der Waals surface area contributed by atoms with E-state index in [1.165, 1.54) is 25.7 Å². The van der Waals surface area contributed by atoms with Crippen molar-refractivity contribution in [3.8, 4) is 0 Å². The smallest absolute Gasteiger partial charge is 0.191 e. The van der Waals surface area contributed by atoms with E-state index in [0.29, 0.717) is 0 Å². The topological polar surface area (TPSA) is 67.1 Å². The zero-order valence-electron chi connectivity index (χ0n) is 14.4. The molecule has 0 aromatic carbocycles. The maximum Gasteiger partial charge on any atom is 0.191 e. The Morgan fingerprint density at radius 1 is 1.09 bits per heavy atom. The lowest BCUT2D eigenvalue weighted by Crippen LogP contribution is -2.39. The van der Waals surface area contributed by atoms with Crippen LogP contribution >= 0.6 is 0 Å². The molecule has 0 bridgehead atoms. The molecule has 0 fully saturated rings. The van der Waals surface area contributed by atoms with Gasteiger partial charge in [-0.05, 0) is 12.8 Å². The fourth-order valence-electron chi connectivity index (χ4n) is 2.19. The normalized spacial score (nSPS) is 11.7. The highest BCUT2D eigenvalue weighted by atomic mass is 15.3. The molecule has 1 rings (SSSR count). The van der Waals surface area contributed by atoms with Crippen LogP contribution in [0.2, 0.25) is 0 Å².